The molecule has 1 fully saturated rings. The summed E-state index contributed by atoms with van der Waals surface area (Å²) in [7, 11) is 0. The Morgan fingerprint density at radius 3 is 2.78 bits per heavy atom. The molecular formula is C23H21NO2S. The summed E-state index contributed by atoms with van der Waals surface area (Å²) in [6.45, 7) is 2.41. The maximum atomic E-state index is 12.9. The van der Waals surface area contributed by atoms with Crippen molar-refractivity contribution in [3.05, 3.63) is 76.0 Å². The zero-order valence-corrected chi connectivity index (χ0v) is 15.9. The molecule has 3 nitrogen and oxygen atoms in total. The van der Waals surface area contributed by atoms with E-state index < -0.39 is 0 Å². The molecule has 3 aromatic rings. The van der Waals surface area contributed by atoms with E-state index in [9.17, 15) is 4.79 Å². The summed E-state index contributed by atoms with van der Waals surface area (Å²) in [6, 6.07) is 16.6. The Bertz CT molecular complexity index is 963. The van der Waals surface area contributed by atoms with Crippen molar-refractivity contribution in [1.29, 1.82) is 0 Å². The van der Waals surface area contributed by atoms with Crippen LogP contribution in [-0.2, 0) is 6.42 Å². The van der Waals surface area contributed by atoms with Gasteiger partial charge in [0.1, 0.15) is 5.75 Å². The average Bonchev–Trinajstić information content (AvgIpc) is 3.48. The van der Waals surface area contributed by atoms with Gasteiger partial charge in [-0.15, -0.1) is 0 Å². The molecular weight excluding hydrogens is 354 g/mol. The number of carbonyl (C=O) groups is 1. The molecule has 5 rings (SSSR count). The van der Waals surface area contributed by atoms with Gasteiger partial charge in [-0.1, -0.05) is 24.3 Å². The van der Waals surface area contributed by atoms with Crippen LogP contribution in [0.5, 0.6) is 5.75 Å². The Kier molecular flexibility index (Phi) is 4.21. The van der Waals surface area contributed by atoms with E-state index in [4.69, 9.17) is 4.74 Å². The van der Waals surface area contributed by atoms with Gasteiger partial charge in [-0.3, -0.25) is 4.79 Å². The first-order chi connectivity index (χ1) is 13.3. The number of amides is 1. The third-order valence-corrected chi connectivity index (χ3v) is 6.33. The lowest BCUT2D eigenvalue weighted by Gasteiger charge is -2.17. The number of hydrogen-bond donors (Lipinski definition) is 0. The van der Waals surface area contributed by atoms with E-state index in [-0.39, 0.29) is 5.91 Å². The van der Waals surface area contributed by atoms with E-state index >= 15 is 0 Å². The highest BCUT2D eigenvalue weighted by Gasteiger charge is 2.28. The van der Waals surface area contributed by atoms with Gasteiger partial charge in [0, 0.05) is 31.0 Å². The van der Waals surface area contributed by atoms with Crippen molar-refractivity contribution in [2.45, 2.75) is 18.8 Å². The van der Waals surface area contributed by atoms with E-state index in [1.807, 2.05) is 29.2 Å². The summed E-state index contributed by atoms with van der Waals surface area (Å²) in [6.07, 6.45) is 2.02. The first-order valence-electron chi connectivity index (χ1n) is 9.45. The van der Waals surface area contributed by atoms with Gasteiger partial charge in [0.05, 0.1) is 6.61 Å². The van der Waals surface area contributed by atoms with Gasteiger partial charge in [-0.05, 0) is 63.7 Å². The minimum Gasteiger partial charge on any atom is -0.493 e. The first kappa shape index (κ1) is 16.6. The summed E-state index contributed by atoms with van der Waals surface area (Å²) in [5.74, 6) is 1.58. The van der Waals surface area contributed by atoms with Crippen LogP contribution in [0.2, 0.25) is 0 Å². The molecule has 1 aromatic heterocycles. The standard InChI is InChI=1S/C23H21NO2S/c25-23(17-3-1-16(2-4-17)21-9-12-27-15-21)24-10-7-20(14-24)18-5-6-22-19(13-18)8-11-26-22/h1-6,9,12-13,15,20H,7-8,10-11,14H2/t20-/m1/s1. The van der Waals surface area contributed by atoms with E-state index in [1.165, 1.54) is 16.7 Å². The third-order valence-electron chi connectivity index (χ3n) is 5.65. The van der Waals surface area contributed by atoms with Crippen molar-refractivity contribution >= 4 is 17.2 Å². The number of fused-ring (bicyclic) bond motifs is 1. The van der Waals surface area contributed by atoms with Gasteiger partial charge in [0.15, 0.2) is 0 Å². The highest BCUT2D eigenvalue weighted by molar-refractivity contribution is 7.08. The van der Waals surface area contributed by atoms with Crippen molar-refractivity contribution in [2.24, 2.45) is 0 Å². The van der Waals surface area contributed by atoms with Crippen LogP contribution in [0.1, 0.15) is 33.8 Å². The molecule has 2 aliphatic heterocycles. The fraction of sp³-hybridized carbons (Fsp3) is 0.261. The molecule has 0 spiro atoms. The fourth-order valence-corrected chi connectivity index (χ4v) is 4.76. The second-order valence-corrected chi connectivity index (χ2v) is 8.07. The van der Waals surface area contributed by atoms with Crippen molar-refractivity contribution < 1.29 is 9.53 Å². The van der Waals surface area contributed by atoms with Gasteiger partial charge in [0.25, 0.3) is 5.91 Å². The van der Waals surface area contributed by atoms with Crippen molar-refractivity contribution in [1.82, 2.24) is 4.90 Å². The Morgan fingerprint density at radius 1 is 1.07 bits per heavy atom. The van der Waals surface area contributed by atoms with Crippen LogP contribution in [0, 0.1) is 0 Å². The van der Waals surface area contributed by atoms with Gasteiger partial charge >= 0.3 is 0 Å². The van der Waals surface area contributed by atoms with E-state index in [2.05, 4.69) is 35.0 Å². The smallest absolute Gasteiger partial charge is 0.253 e. The Balaban J connectivity index is 1.29. The van der Waals surface area contributed by atoms with Crippen LogP contribution < -0.4 is 4.74 Å². The summed E-state index contributed by atoms with van der Waals surface area (Å²) in [5, 5.41) is 4.20. The fourth-order valence-electron chi connectivity index (χ4n) is 4.09. The van der Waals surface area contributed by atoms with Crippen LogP contribution >= 0.6 is 11.3 Å². The molecule has 0 radical (unpaired) electrons. The zero-order chi connectivity index (χ0) is 18.2. The second-order valence-electron chi connectivity index (χ2n) is 7.29. The molecule has 4 heteroatoms. The first-order valence-corrected chi connectivity index (χ1v) is 10.4. The summed E-state index contributed by atoms with van der Waals surface area (Å²) >= 11 is 1.69. The zero-order valence-electron chi connectivity index (χ0n) is 15.1. The molecule has 27 heavy (non-hydrogen) atoms. The molecule has 0 N–H and O–H groups in total. The molecule has 2 aliphatic rings. The summed E-state index contributed by atoms with van der Waals surface area (Å²) in [5.41, 5.74) is 5.79. The van der Waals surface area contributed by atoms with Gasteiger partial charge < -0.3 is 9.64 Å². The van der Waals surface area contributed by atoms with Crippen LogP contribution in [-0.4, -0.2) is 30.5 Å². The number of thiophene rings is 1. The normalized spacial score (nSPS) is 18.4. The molecule has 0 bridgehead atoms. The average molecular weight is 375 g/mol. The minimum absolute atomic E-state index is 0.138. The predicted molar refractivity (Wildman–Crippen MR) is 109 cm³/mol. The van der Waals surface area contributed by atoms with Crippen molar-refractivity contribution in [3.8, 4) is 16.9 Å². The highest BCUT2D eigenvalue weighted by Crippen LogP contribution is 2.33. The van der Waals surface area contributed by atoms with Gasteiger partial charge in [0.2, 0.25) is 0 Å². The predicted octanol–water partition coefficient (Wildman–Crippen LogP) is 4.98. The molecule has 0 saturated carbocycles. The Morgan fingerprint density at radius 2 is 1.96 bits per heavy atom. The van der Waals surface area contributed by atoms with Gasteiger partial charge in [-0.25, -0.2) is 0 Å². The molecule has 1 saturated heterocycles. The Labute approximate surface area is 163 Å². The van der Waals surface area contributed by atoms with E-state index in [0.29, 0.717) is 5.92 Å². The van der Waals surface area contributed by atoms with Crippen molar-refractivity contribution in [3.63, 3.8) is 0 Å². The SMILES string of the molecule is O=C(c1ccc(-c2ccsc2)cc1)N1CC[C@@H](c2ccc3c(c2)CCO3)C1. The Hall–Kier alpha value is -2.59. The lowest BCUT2D eigenvalue weighted by molar-refractivity contribution is 0.0791. The molecule has 1 atom stereocenters. The lowest BCUT2D eigenvalue weighted by Crippen LogP contribution is -2.28. The van der Waals surface area contributed by atoms with E-state index in [0.717, 1.165) is 49.4 Å². The van der Waals surface area contributed by atoms with Crippen LogP contribution in [0.4, 0.5) is 0 Å². The summed E-state index contributed by atoms with van der Waals surface area (Å²) < 4.78 is 5.61. The topological polar surface area (TPSA) is 29.5 Å². The minimum atomic E-state index is 0.138. The van der Waals surface area contributed by atoms with Crippen LogP contribution in [0.3, 0.4) is 0 Å². The number of likely N-dealkylation sites (tertiary alicyclic amines) is 1. The molecule has 136 valence electrons. The quantitative estimate of drug-likeness (QED) is 0.646. The number of ether oxygens (including phenoxy) is 1. The third kappa shape index (κ3) is 3.15. The monoisotopic (exact) mass is 375 g/mol. The molecule has 1 amide bonds. The van der Waals surface area contributed by atoms with Gasteiger partial charge in [-0.2, -0.15) is 11.3 Å². The number of rotatable bonds is 3. The van der Waals surface area contributed by atoms with E-state index in [1.54, 1.807) is 11.3 Å². The molecule has 2 aromatic carbocycles. The highest BCUT2D eigenvalue weighted by atomic mass is 32.1. The lowest BCUT2D eigenvalue weighted by atomic mass is 9.96. The second kappa shape index (κ2) is 6.86. The largest absolute Gasteiger partial charge is 0.493 e. The van der Waals surface area contributed by atoms with Crippen LogP contribution in [0.25, 0.3) is 11.1 Å². The summed E-state index contributed by atoms with van der Waals surface area (Å²) in [4.78, 5) is 14.9. The van der Waals surface area contributed by atoms with Crippen LogP contribution in [0.15, 0.2) is 59.3 Å². The molecule has 3 heterocycles. The molecule has 0 aliphatic carbocycles. The number of benzene rings is 2. The number of carbonyl (C=O) groups excluding carboxylic acids is 1. The number of nitrogens with zero attached hydrogens (tertiary/aromatic N) is 1. The van der Waals surface area contributed by atoms with Crippen molar-refractivity contribution in [2.75, 3.05) is 19.7 Å². The number of hydrogen-bond acceptors (Lipinski definition) is 3. The maximum absolute atomic E-state index is 12.9. The molecule has 0 unspecified atom stereocenters. The maximum Gasteiger partial charge on any atom is 0.253 e.